The molecule has 0 radical (unpaired) electrons. The Balaban J connectivity index is 4.80. The lowest BCUT2D eigenvalue weighted by molar-refractivity contribution is -0.161. The predicted molar refractivity (Wildman–Crippen MR) is 255 cm³/mol. The fourth-order valence-electron chi connectivity index (χ4n) is 5.13. The van der Waals surface area contributed by atoms with Crippen molar-refractivity contribution >= 4 is 27.6 Å². The van der Waals surface area contributed by atoms with Crippen molar-refractivity contribution in [3.05, 3.63) is 122 Å². The van der Waals surface area contributed by atoms with E-state index in [1.54, 1.807) is 42.5 Å². The second-order valence-electron chi connectivity index (χ2n) is 14.6. The Hall–Kier alpha value is -3.56. The number of carbonyl (C=O) groups excluding carboxylic acids is 2. The Bertz CT molecular complexity index is 1640. The van der Waals surface area contributed by atoms with Gasteiger partial charge in [-0.2, -0.15) is 0 Å². The highest BCUT2D eigenvalue weighted by Crippen LogP contribution is 2.43. The lowest BCUT2D eigenvalue weighted by Crippen LogP contribution is -2.29. The summed E-state index contributed by atoms with van der Waals surface area (Å²) in [6.07, 6.45) is 45.5. The van der Waals surface area contributed by atoms with Crippen molar-refractivity contribution in [3.63, 3.8) is 0 Å². The summed E-state index contributed by atoms with van der Waals surface area (Å²) in [6.45, 7) is 1.20. The van der Waals surface area contributed by atoms with Crippen molar-refractivity contribution in [2.75, 3.05) is 26.4 Å². The summed E-state index contributed by atoms with van der Waals surface area (Å²) in [7, 11) is -9.77. The van der Waals surface area contributed by atoms with Gasteiger partial charge in [-0.3, -0.25) is 23.2 Å². The quantitative estimate of drug-likeness (QED) is 0.0110. The van der Waals surface area contributed by atoms with Crippen molar-refractivity contribution < 1.29 is 71.8 Å². The fourth-order valence-corrected chi connectivity index (χ4v) is 6.28. The van der Waals surface area contributed by atoms with Gasteiger partial charge >= 0.3 is 27.6 Å². The van der Waals surface area contributed by atoms with E-state index in [0.717, 1.165) is 57.8 Å². The molecule has 0 heterocycles. The molecule has 6 N–H and O–H groups in total. The molecule has 5 atom stereocenters. The van der Waals surface area contributed by atoms with Crippen molar-refractivity contribution in [2.45, 2.75) is 141 Å². The van der Waals surface area contributed by atoms with Gasteiger partial charge in [0.05, 0.1) is 32.0 Å². The topological polar surface area (TPSA) is 236 Å². The maximum absolute atomic E-state index is 12.7. The molecule has 0 amide bonds. The SMILES string of the molecule is CC/C=C\C/C=C\C/C=C\C/C=C\CCCCCCC(=O)OC[C@H](COP(=O)(O)OC[C@@H](O)COP(=O)(O)O)OC(=O)CC/C=C\C/C=C\C[C@@H](O)/C=C/C=C\C=C\[C@@H](O)C/C=C\CC. The fraction of sp³-hybridized carbons (Fsp3) is 0.542. The smallest absolute Gasteiger partial charge is 0.462 e. The summed E-state index contributed by atoms with van der Waals surface area (Å²) < 4.78 is 47.6. The van der Waals surface area contributed by atoms with Gasteiger partial charge in [-0.15, -0.1) is 0 Å². The van der Waals surface area contributed by atoms with E-state index in [0.29, 0.717) is 32.1 Å². The molecule has 0 rings (SSSR count). The van der Waals surface area contributed by atoms with Crippen LogP contribution in [0.4, 0.5) is 0 Å². The van der Waals surface area contributed by atoms with Crippen molar-refractivity contribution in [1.82, 2.24) is 0 Å². The molecule has 0 bridgehead atoms. The Morgan fingerprint density at radius 1 is 0.508 bits per heavy atom. The monoisotopic (exact) mass is 954 g/mol. The molecule has 0 saturated carbocycles. The molecule has 15 nitrogen and oxygen atoms in total. The summed E-state index contributed by atoms with van der Waals surface area (Å²) in [4.78, 5) is 52.7. The third kappa shape index (κ3) is 45.4. The van der Waals surface area contributed by atoms with Crippen LogP contribution in [0, 0.1) is 0 Å². The molecule has 0 fully saturated rings. The molecule has 17 heteroatoms. The zero-order valence-corrected chi connectivity index (χ0v) is 40.0. The Morgan fingerprint density at radius 3 is 1.57 bits per heavy atom. The van der Waals surface area contributed by atoms with Crippen molar-refractivity contribution in [3.8, 4) is 0 Å². The normalized spacial score (nSPS) is 16.0. The van der Waals surface area contributed by atoms with E-state index >= 15 is 0 Å². The second-order valence-corrected chi connectivity index (χ2v) is 17.3. The maximum atomic E-state index is 12.7. The van der Waals surface area contributed by atoms with Crippen LogP contribution in [-0.4, -0.2) is 92.8 Å². The van der Waals surface area contributed by atoms with E-state index < -0.39 is 78.4 Å². The number of esters is 2. The van der Waals surface area contributed by atoms with E-state index in [9.17, 15) is 38.9 Å². The van der Waals surface area contributed by atoms with Crippen molar-refractivity contribution in [1.29, 1.82) is 0 Å². The Labute approximate surface area is 387 Å². The van der Waals surface area contributed by atoms with Crippen LogP contribution in [0.1, 0.15) is 117 Å². The van der Waals surface area contributed by atoms with Crippen LogP contribution in [0.2, 0.25) is 0 Å². The van der Waals surface area contributed by atoms with E-state index in [1.165, 1.54) is 0 Å². The van der Waals surface area contributed by atoms with Crippen LogP contribution in [0.3, 0.4) is 0 Å². The standard InChI is InChI=1S/C48H76O15P2/c1-3-5-7-8-9-10-11-12-13-14-15-16-17-18-19-23-31-37-47(52)59-41-46(42-62-65(57,58)61-40-45(51)39-60-64(54,55)56)63-48(53)38-32-24-21-20-22-28-34-44(50)36-30-26-25-29-35-43(49)33-27-6-4-2/h5-7,9-10,12-13,15-16,21-22,24-30,35-36,43-46,49-51H,3-4,8,11,14,17-20,23,31-34,37-42H2,1-2H3,(H,57,58)(H2,54,55,56)/b7-5-,10-9-,13-12-,16-15-,24-21-,26-25-,27-6-,28-22-,35-29+,36-30+/t43-,44+,45-,46+/m0/s1. The lowest BCUT2D eigenvalue weighted by Gasteiger charge is -2.20. The molecule has 0 spiro atoms. The van der Waals surface area contributed by atoms with Gasteiger partial charge in [-0.05, 0) is 77.0 Å². The first-order chi connectivity index (χ1) is 31.2. The van der Waals surface area contributed by atoms with Gasteiger partial charge in [-0.25, -0.2) is 9.13 Å². The highest BCUT2D eigenvalue weighted by Gasteiger charge is 2.28. The lowest BCUT2D eigenvalue weighted by atomic mass is 10.1. The van der Waals surface area contributed by atoms with Gasteiger partial charge in [0, 0.05) is 12.8 Å². The van der Waals surface area contributed by atoms with Gasteiger partial charge in [-0.1, -0.05) is 148 Å². The number of carbonyl (C=O) groups is 2. The molecule has 0 saturated heterocycles. The summed E-state index contributed by atoms with van der Waals surface area (Å²) >= 11 is 0. The van der Waals surface area contributed by atoms with Gasteiger partial charge in [0.2, 0.25) is 0 Å². The molecule has 0 aliphatic rings. The van der Waals surface area contributed by atoms with Crippen LogP contribution in [0.25, 0.3) is 0 Å². The molecular weight excluding hydrogens is 878 g/mol. The van der Waals surface area contributed by atoms with Gasteiger partial charge in [0.25, 0.3) is 0 Å². The van der Waals surface area contributed by atoms with Gasteiger partial charge < -0.3 is 39.5 Å². The second kappa shape index (κ2) is 41.8. The van der Waals surface area contributed by atoms with Crippen LogP contribution in [-0.2, 0) is 41.8 Å². The number of allylic oxidation sites excluding steroid dienone is 16. The summed E-state index contributed by atoms with van der Waals surface area (Å²) in [6, 6.07) is 0. The Morgan fingerprint density at radius 2 is 0.985 bits per heavy atom. The first-order valence-corrected chi connectivity index (χ1v) is 25.5. The minimum Gasteiger partial charge on any atom is -0.462 e. The van der Waals surface area contributed by atoms with Crippen molar-refractivity contribution in [2.24, 2.45) is 0 Å². The summed E-state index contributed by atoms with van der Waals surface area (Å²) in [5, 5.41) is 29.7. The average molecular weight is 955 g/mol. The van der Waals surface area contributed by atoms with Gasteiger partial charge in [0.1, 0.15) is 12.7 Å². The predicted octanol–water partition coefficient (Wildman–Crippen LogP) is 9.61. The third-order valence-corrected chi connectivity index (χ3v) is 9.95. The maximum Gasteiger partial charge on any atom is 0.472 e. The number of hydrogen-bond acceptors (Lipinski definition) is 12. The third-order valence-electron chi connectivity index (χ3n) is 8.52. The van der Waals surface area contributed by atoms with Crippen LogP contribution < -0.4 is 0 Å². The zero-order chi connectivity index (χ0) is 48.3. The van der Waals surface area contributed by atoms with Gasteiger partial charge in [0.15, 0.2) is 6.10 Å². The van der Waals surface area contributed by atoms with E-state index in [2.05, 4.69) is 64.6 Å². The number of aliphatic hydroxyl groups excluding tert-OH is 3. The molecule has 0 aromatic heterocycles. The molecule has 0 aliphatic carbocycles. The highest BCUT2D eigenvalue weighted by atomic mass is 31.2. The molecule has 0 aromatic rings. The minimum atomic E-state index is -4.90. The molecule has 65 heavy (non-hydrogen) atoms. The largest absolute Gasteiger partial charge is 0.472 e. The number of unbranched alkanes of at least 4 members (excludes halogenated alkanes) is 4. The first kappa shape index (κ1) is 61.4. The highest BCUT2D eigenvalue weighted by molar-refractivity contribution is 7.47. The number of phosphoric acid groups is 2. The number of aliphatic hydroxyl groups is 3. The number of hydrogen-bond donors (Lipinski definition) is 6. The zero-order valence-electron chi connectivity index (χ0n) is 38.3. The van der Waals surface area contributed by atoms with Crippen LogP contribution in [0.5, 0.6) is 0 Å². The Kier molecular flexibility index (Phi) is 39.5. The molecule has 0 aromatic carbocycles. The average Bonchev–Trinajstić information content (AvgIpc) is 3.26. The number of rotatable bonds is 40. The van der Waals surface area contributed by atoms with Crippen LogP contribution >= 0.6 is 15.6 Å². The van der Waals surface area contributed by atoms with E-state index in [4.69, 9.17) is 23.8 Å². The first-order valence-electron chi connectivity index (χ1n) is 22.4. The molecule has 0 aliphatic heterocycles. The van der Waals surface area contributed by atoms with E-state index in [-0.39, 0.29) is 12.8 Å². The summed E-state index contributed by atoms with van der Waals surface area (Å²) in [5.74, 6) is -1.24. The molecular formula is C48H76O15P2. The number of ether oxygens (including phenoxy) is 2. The molecule has 368 valence electrons. The van der Waals surface area contributed by atoms with E-state index in [1.807, 2.05) is 37.3 Å². The molecule has 1 unspecified atom stereocenters. The minimum absolute atomic E-state index is 0.0638. The number of phosphoric ester groups is 2. The summed E-state index contributed by atoms with van der Waals surface area (Å²) in [5.41, 5.74) is 0. The van der Waals surface area contributed by atoms with Crippen LogP contribution in [0.15, 0.2) is 122 Å².